The second-order valence-corrected chi connectivity index (χ2v) is 4.48. The van der Waals surface area contributed by atoms with Gasteiger partial charge in [-0.1, -0.05) is 28.9 Å². The summed E-state index contributed by atoms with van der Waals surface area (Å²) in [6.07, 6.45) is 0.356. The van der Waals surface area contributed by atoms with Gasteiger partial charge in [0.05, 0.1) is 20.6 Å². The molecule has 1 aromatic carbocycles. The van der Waals surface area contributed by atoms with Crippen LogP contribution in [0.5, 0.6) is 5.75 Å². The first-order valence-electron chi connectivity index (χ1n) is 4.98. The van der Waals surface area contributed by atoms with Crippen LogP contribution in [0.3, 0.4) is 0 Å². The van der Waals surface area contributed by atoms with Crippen LogP contribution >= 0.6 is 15.9 Å². The Hall–Kier alpha value is -1.03. The fourth-order valence-corrected chi connectivity index (χ4v) is 1.88. The maximum Gasteiger partial charge on any atom is 0.306 e. The van der Waals surface area contributed by atoms with Crippen molar-refractivity contribution in [2.75, 3.05) is 14.2 Å². The number of esters is 1. The lowest BCUT2D eigenvalue weighted by Crippen LogP contribution is -2.07. The number of benzene rings is 1. The lowest BCUT2D eigenvalue weighted by molar-refractivity contribution is -0.140. The number of ether oxygens (including phenoxy) is 2. The summed E-state index contributed by atoms with van der Waals surface area (Å²) in [5.74, 6) is 0.652. The predicted molar refractivity (Wildman–Crippen MR) is 65.7 cm³/mol. The molecule has 0 aliphatic heterocycles. The number of hydrogen-bond acceptors (Lipinski definition) is 3. The van der Waals surface area contributed by atoms with Gasteiger partial charge in [-0.2, -0.15) is 0 Å². The molecule has 0 aromatic heterocycles. The van der Waals surface area contributed by atoms with Gasteiger partial charge in [0, 0.05) is 4.47 Å². The van der Waals surface area contributed by atoms with Crippen molar-refractivity contribution < 1.29 is 14.3 Å². The highest BCUT2D eigenvalue weighted by Crippen LogP contribution is 2.31. The number of halogens is 1. The lowest BCUT2D eigenvalue weighted by Gasteiger charge is -2.14. The second kappa shape index (κ2) is 5.89. The minimum absolute atomic E-state index is 0.0792. The molecule has 0 aliphatic carbocycles. The van der Waals surface area contributed by atoms with E-state index in [2.05, 4.69) is 20.7 Å². The second-order valence-electron chi connectivity index (χ2n) is 3.57. The molecule has 88 valence electrons. The monoisotopic (exact) mass is 286 g/mol. The third-order valence-corrected chi connectivity index (χ3v) is 2.92. The van der Waals surface area contributed by atoms with Gasteiger partial charge < -0.3 is 9.47 Å². The van der Waals surface area contributed by atoms with Crippen molar-refractivity contribution >= 4 is 21.9 Å². The first-order valence-corrected chi connectivity index (χ1v) is 5.78. The van der Waals surface area contributed by atoms with E-state index in [1.165, 1.54) is 7.11 Å². The maximum absolute atomic E-state index is 11.2. The van der Waals surface area contributed by atoms with Crippen LogP contribution in [-0.2, 0) is 9.53 Å². The van der Waals surface area contributed by atoms with Crippen LogP contribution in [0.2, 0.25) is 0 Å². The molecule has 16 heavy (non-hydrogen) atoms. The number of methoxy groups -OCH3 is 2. The van der Waals surface area contributed by atoms with E-state index in [4.69, 9.17) is 4.74 Å². The van der Waals surface area contributed by atoms with E-state index in [1.807, 2.05) is 25.1 Å². The Morgan fingerprint density at radius 3 is 2.69 bits per heavy atom. The summed E-state index contributed by atoms with van der Waals surface area (Å²) in [7, 11) is 3.02. The Balaban J connectivity index is 2.90. The van der Waals surface area contributed by atoms with Crippen molar-refractivity contribution in [1.29, 1.82) is 0 Å². The molecule has 0 fully saturated rings. The summed E-state index contributed by atoms with van der Waals surface area (Å²) in [6, 6.07) is 5.78. The summed E-state index contributed by atoms with van der Waals surface area (Å²) < 4.78 is 10.9. The minimum Gasteiger partial charge on any atom is -0.496 e. The average Bonchev–Trinajstić information content (AvgIpc) is 2.28. The molecule has 1 unspecified atom stereocenters. The summed E-state index contributed by atoms with van der Waals surface area (Å²) in [6.45, 7) is 1.97. The molecule has 0 N–H and O–H groups in total. The molecule has 0 saturated heterocycles. The van der Waals surface area contributed by atoms with Crippen molar-refractivity contribution in [3.05, 3.63) is 28.2 Å². The molecule has 4 heteroatoms. The van der Waals surface area contributed by atoms with E-state index in [0.29, 0.717) is 6.42 Å². The maximum atomic E-state index is 11.2. The van der Waals surface area contributed by atoms with Crippen molar-refractivity contribution in [1.82, 2.24) is 0 Å². The van der Waals surface area contributed by atoms with Crippen molar-refractivity contribution in [2.24, 2.45) is 0 Å². The zero-order chi connectivity index (χ0) is 12.1. The minimum atomic E-state index is -0.211. The molecule has 0 aliphatic rings. The summed E-state index contributed by atoms with van der Waals surface area (Å²) in [5.41, 5.74) is 1.01. The van der Waals surface area contributed by atoms with Crippen molar-refractivity contribution in [3.8, 4) is 5.75 Å². The van der Waals surface area contributed by atoms with Crippen molar-refractivity contribution in [3.63, 3.8) is 0 Å². The summed E-state index contributed by atoms with van der Waals surface area (Å²) >= 11 is 3.38. The van der Waals surface area contributed by atoms with E-state index < -0.39 is 0 Å². The third-order valence-electron chi connectivity index (χ3n) is 2.43. The van der Waals surface area contributed by atoms with Gasteiger partial charge in [0.15, 0.2) is 0 Å². The third kappa shape index (κ3) is 3.23. The van der Waals surface area contributed by atoms with Crippen LogP contribution < -0.4 is 4.74 Å². The first-order chi connectivity index (χ1) is 7.58. The first kappa shape index (κ1) is 13.0. The standard InChI is InChI=1S/C12H15BrO3/c1-8(6-12(14)16-3)10-5-4-9(13)7-11(10)15-2/h4-5,7-8H,6H2,1-3H3. The number of hydrogen-bond donors (Lipinski definition) is 0. The molecule has 0 bridgehead atoms. The number of carbonyl (C=O) groups excluding carboxylic acids is 1. The smallest absolute Gasteiger partial charge is 0.306 e. The molecular weight excluding hydrogens is 272 g/mol. The largest absolute Gasteiger partial charge is 0.496 e. The van der Waals surface area contributed by atoms with Gasteiger partial charge in [0.25, 0.3) is 0 Å². The zero-order valence-electron chi connectivity index (χ0n) is 9.62. The average molecular weight is 287 g/mol. The van der Waals surface area contributed by atoms with Crippen LogP contribution in [-0.4, -0.2) is 20.2 Å². The van der Waals surface area contributed by atoms with E-state index in [-0.39, 0.29) is 11.9 Å². The van der Waals surface area contributed by atoms with E-state index in [1.54, 1.807) is 7.11 Å². The van der Waals surface area contributed by atoms with Gasteiger partial charge in [-0.3, -0.25) is 4.79 Å². The van der Waals surface area contributed by atoms with Gasteiger partial charge >= 0.3 is 5.97 Å². The Kier molecular flexibility index (Phi) is 4.80. The van der Waals surface area contributed by atoms with E-state index in [0.717, 1.165) is 15.8 Å². The Bertz CT molecular complexity index is 377. The molecule has 3 nitrogen and oxygen atoms in total. The van der Waals surface area contributed by atoms with Crippen molar-refractivity contribution in [2.45, 2.75) is 19.3 Å². The Morgan fingerprint density at radius 1 is 1.44 bits per heavy atom. The highest BCUT2D eigenvalue weighted by atomic mass is 79.9. The molecule has 1 aromatic rings. The van der Waals surface area contributed by atoms with Gasteiger partial charge in [-0.25, -0.2) is 0 Å². The molecule has 0 spiro atoms. The van der Waals surface area contributed by atoms with E-state index in [9.17, 15) is 4.79 Å². The molecule has 0 radical (unpaired) electrons. The van der Waals surface area contributed by atoms with Crippen LogP contribution in [0.1, 0.15) is 24.8 Å². The highest BCUT2D eigenvalue weighted by Gasteiger charge is 2.15. The summed E-state index contributed by atoms with van der Waals surface area (Å²) in [4.78, 5) is 11.2. The Morgan fingerprint density at radius 2 is 2.12 bits per heavy atom. The molecule has 1 atom stereocenters. The van der Waals surface area contributed by atoms with Crippen LogP contribution in [0.4, 0.5) is 0 Å². The number of carbonyl (C=O) groups is 1. The topological polar surface area (TPSA) is 35.5 Å². The molecule has 0 heterocycles. The molecule has 0 saturated carbocycles. The number of rotatable bonds is 4. The van der Waals surface area contributed by atoms with Crippen LogP contribution in [0, 0.1) is 0 Å². The van der Waals surface area contributed by atoms with Gasteiger partial charge in [0.1, 0.15) is 5.75 Å². The molecule has 0 amide bonds. The predicted octanol–water partition coefficient (Wildman–Crippen LogP) is 3.12. The zero-order valence-corrected chi connectivity index (χ0v) is 11.2. The van der Waals surface area contributed by atoms with Gasteiger partial charge in [0.2, 0.25) is 0 Å². The fourth-order valence-electron chi connectivity index (χ4n) is 1.54. The Labute approximate surface area is 104 Å². The SMILES string of the molecule is COC(=O)CC(C)c1ccc(Br)cc1OC. The van der Waals surface area contributed by atoms with Crippen LogP contribution in [0.25, 0.3) is 0 Å². The lowest BCUT2D eigenvalue weighted by atomic mass is 9.97. The molecular formula is C12H15BrO3. The van der Waals surface area contributed by atoms with E-state index >= 15 is 0 Å². The highest BCUT2D eigenvalue weighted by molar-refractivity contribution is 9.10. The molecule has 1 rings (SSSR count). The fraction of sp³-hybridized carbons (Fsp3) is 0.417. The van der Waals surface area contributed by atoms with Gasteiger partial charge in [-0.05, 0) is 23.6 Å². The quantitative estimate of drug-likeness (QED) is 0.798. The summed E-state index contributed by atoms with van der Waals surface area (Å²) in [5, 5.41) is 0. The van der Waals surface area contributed by atoms with Crippen LogP contribution in [0.15, 0.2) is 22.7 Å². The van der Waals surface area contributed by atoms with Gasteiger partial charge in [-0.15, -0.1) is 0 Å². The normalized spacial score (nSPS) is 12.0.